The highest BCUT2D eigenvalue weighted by atomic mass is 16.7. The van der Waals surface area contributed by atoms with Crippen LogP contribution in [-0.4, -0.2) is 174 Å². The Kier molecular flexibility index (Phi) is 11.4. The molecule has 0 saturated carbocycles. The Balaban J connectivity index is 2.01. The van der Waals surface area contributed by atoms with Crippen LogP contribution in [0.2, 0.25) is 0 Å². The fourth-order valence-electron chi connectivity index (χ4n) is 3.55. The van der Waals surface area contributed by atoms with E-state index in [0.717, 1.165) is 0 Å². The number of aliphatic hydroxyl groups is 12. The van der Waals surface area contributed by atoms with Crippen molar-refractivity contribution in [3.63, 3.8) is 0 Å². The van der Waals surface area contributed by atoms with E-state index in [1.807, 2.05) is 0 Å². The minimum absolute atomic E-state index is 0.741. The third-order valence-corrected chi connectivity index (χ3v) is 5.72. The molecular weight excluding hydrogens is 472 g/mol. The summed E-state index contributed by atoms with van der Waals surface area (Å²) < 4.78 is 21.0. The van der Waals surface area contributed by atoms with E-state index >= 15 is 0 Å². The van der Waals surface area contributed by atoms with Gasteiger partial charge in [-0.3, -0.25) is 0 Å². The van der Waals surface area contributed by atoms with Gasteiger partial charge in [-0.05, 0) is 0 Å². The Bertz CT molecular complexity index is 594. The van der Waals surface area contributed by atoms with Gasteiger partial charge in [0.25, 0.3) is 0 Å². The maximum absolute atomic E-state index is 10.5. The molecule has 2 heterocycles. The molecule has 2 fully saturated rings. The molecule has 0 radical (unpaired) electrons. The smallest absolute Gasteiger partial charge is 0.187 e. The minimum atomic E-state index is -1.95. The molecule has 2 aliphatic rings. The van der Waals surface area contributed by atoms with E-state index in [-0.39, 0.29) is 0 Å². The second-order valence-electron chi connectivity index (χ2n) is 8.14. The second kappa shape index (κ2) is 13.1. The lowest BCUT2D eigenvalue weighted by Gasteiger charge is -2.46. The van der Waals surface area contributed by atoms with E-state index < -0.39 is 112 Å². The zero-order chi connectivity index (χ0) is 25.7. The molecule has 34 heavy (non-hydrogen) atoms. The number of hydrogen-bond donors (Lipinski definition) is 12. The summed E-state index contributed by atoms with van der Waals surface area (Å²) >= 11 is 0. The quantitative estimate of drug-likeness (QED) is 0.124. The first-order chi connectivity index (χ1) is 16.0. The van der Waals surface area contributed by atoms with E-state index in [0.29, 0.717) is 0 Å². The van der Waals surface area contributed by atoms with Crippen LogP contribution in [-0.2, 0) is 18.9 Å². The van der Waals surface area contributed by atoms with Gasteiger partial charge in [0.1, 0.15) is 73.2 Å². The molecule has 16 nitrogen and oxygen atoms in total. The molecule has 1 unspecified atom stereocenters. The first kappa shape index (κ1) is 29.6. The molecule has 12 N–H and O–H groups in total. The first-order valence-corrected chi connectivity index (χ1v) is 10.5. The van der Waals surface area contributed by atoms with Gasteiger partial charge in [-0.15, -0.1) is 0 Å². The molecule has 0 aromatic carbocycles. The summed E-state index contributed by atoms with van der Waals surface area (Å²) in [5.41, 5.74) is 0. The van der Waals surface area contributed by atoms with Crippen molar-refractivity contribution in [2.24, 2.45) is 0 Å². The van der Waals surface area contributed by atoms with Crippen molar-refractivity contribution in [2.75, 3.05) is 26.4 Å². The highest BCUT2D eigenvalue weighted by Gasteiger charge is 2.50. The van der Waals surface area contributed by atoms with E-state index in [1.165, 1.54) is 0 Å². The summed E-state index contributed by atoms with van der Waals surface area (Å²) in [7, 11) is 0. The van der Waals surface area contributed by atoms with Gasteiger partial charge < -0.3 is 80.2 Å². The summed E-state index contributed by atoms with van der Waals surface area (Å²) in [4.78, 5) is 0. The van der Waals surface area contributed by atoms with Crippen molar-refractivity contribution in [3.05, 3.63) is 0 Å². The van der Waals surface area contributed by atoms with Crippen molar-refractivity contribution < 1.29 is 80.2 Å². The molecule has 0 aliphatic carbocycles. The van der Waals surface area contributed by atoms with Gasteiger partial charge in [0, 0.05) is 0 Å². The Morgan fingerprint density at radius 2 is 1.15 bits per heavy atom. The fraction of sp³-hybridized carbons (Fsp3) is 1.00. The van der Waals surface area contributed by atoms with Crippen molar-refractivity contribution in [3.8, 4) is 0 Å². The summed E-state index contributed by atoms with van der Waals surface area (Å²) in [6.07, 6.45) is -24.1. The number of hydrogen-bond acceptors (Lipinski definition) is 16. The lowest BCUT2D eigenvalue weighted by molar-refractivity contribution is -0.360. The van der Waals surface area contributed by atoms with Gasteiger partial charge >= 0.3 is 0 Å². The van der Waals surface area contributed by atoms with Crippen LogP contribution in [0.4, 0.5) is 0 Å². The molecule has 2 aliphatic heterocycles. The monoisotopic (exact) mass is 506 g/mol. The third-order valence-electron chi connectivity index (χ3n) is 5.72. The Labute approximate surface area is 193 Å². The molecule has 0 bridgehead atoms. The fourth-order valence-corrected chi connectivity index (χ4v) is 3.55. The lowest BCUT2D eigenvalue weighted by atomic mass is 9.97. The minimum Gasteiger partial charge on any atom is -0.394 e. The van der Waals surface area contributed by atoms with E-state index in [1.54, 1.807) is 0 Å². The molecule has 0 spiro atoms. The van der Waals surface area contributed by atoms with Crippen LogP contribution in [0.3, 0.4) is 0 Å². The predicted octanol–water partition coefficient (Wildman–Crippen LogP) is -7.94. The lowest BCUT2D eigenvalue weighted by Crippen LogP contribution is -2.64. The van der Waals surface area contributed by atoms with Gasteiger partial charge in [-0.1, -0.05) is 0 Å². The van der Waals surface area contributed by atoms with Gasteiger partial charge in [-0.25, -0.2) is 0 Å². The van der Waals surface area contributed by atoms with Crippen LogP contribution < -0.4 is 0 Å². The maximum atomic E-state index is 10.5. The summed E-state index contributed by atoms with van der Waals surface area (Å²) in [6.45, 7) is -3.22. The van der Waals surface area contributed by atoms with Crippen LogP contribution in [0.25, 0.3) is 0 Å². The molecule has 0 amide bonds. The summed E-state index contributed by atoms with van der Waals surface area (Å²) in [5, 5.41) is 117. The summed E-state index contributed by atoms with van der Waals surface area (Å²) in [6, 6.07) is 0. The van der Waals surface area contributed by atoms with Gasteiger partial charge in [-0.2, -0.15) is 0 Å². The molecule has 16 heteroatoms. The third kappa shape index (κ3) is 6.56. The first-order valence-electron chi connectivity index (χ1n) is 10.5. The highest BCUT2D eigenvalue weighted by molar-refractivity contribution is 4.94. The topological polar surface area (TPSA) is 280 Å². The Morgan fingerprint density at radius 3 is 1.71 bits per heavy atom. The van der Waals surface area contributed by atoms with Crippen LogP contribution in [0.15, 0.2) is 0 Å². The summed E-state index contributed by atoms with van der Waals surface area (Å²) in [5.74, 6) is 0. The molecule has 202 valence electrons. The number of rotatable bonds is 11. The molecular formula is C18H34O16. The molecule has 14 atom stereocenters. The number of ether oxygens (including phenoxy) is 4. The Morgan fingerprint density at radius 1 is 0.618 bits per heavy atom. The van der Waals surface area contributed by atoms with Crippen LogP contribution in [0, 0.1) is 0 Å². The highest BCUT2D eigenvalue weighted by Crippen LogP contribution is 2.29. The molecule has 2 rings (SSSR count). The normalized spacial score (nSPS) is 42.7. The number of aliphatic hydroxyl groups excluding tert-OH is 12. The van der Waals surface area contributed by atoms with Crippen molar-refractivity contribution in [2.45, 2.75) is 85.8 Å². The van der Waals surface area contributed by atoms with Gasteiger partial charge in [0.05, 0.1) is 26.4 Å². The average molecular weight is 506 g/mol. The predicted molar refractivity (Wildman–Crippen MR) is 103 cm³/mol. The van der Waals surface area contributed by atoms with E-state index in [9.17, 15) is 56.2 Å². The maximum Gasteiger partial charge on any atom is 0.187 e. The zero-order valence-corrected chi connectivity index (χ0v) is 17.9. The van der Waals surface area contributed by atoms with Crippen LogP contribution in [0.5, 0.6) is 0 Å². The SMILES string of the molecule is OCC(O)[C@@H](O)[C@H](O)[C@H](O)CO[C@H]1O[C@H](CO)[C@@H](O[C@@H]2O[C@H](CO)[C@H](O)[C@H](O)[C@H]2O)[C@H](O)[C@H]1O. The molecule has 2 saturated heterocycles. The molecule has 0 aromatic rings. The molecule has 0 aromatic heterocycles. The average Bonchev–Trinajstić information content (AvgIpc) is 2.84. The van der Waals surface area contributed by atoms with Gasteiger partial charge in [0.2, 0.25) is 0 Å². The van der Waals surface area contributed by atoms with Crippen molar-refractivity contribution in [1.82, 2.24) is 0 Å². The van der Waals surface area contributed by atoms with E-state index in [4.69, 9.17) is 24.1 Å². The Hall–Kier alpha value is -0.640. The van der Waals surface area contributed by atoms with Crippen molar-refractivity contribution in [1.29, 1.82) is 0 Å². The zero-order valence-electron chi connectivity index (χ0n) is 17.9. The second-order valence-corrected chi connectivity index (χ2v) is 8.14. The van der Waals surface area contributed by atoms with Crippen LogP contribution in [0.1, 0.15) is 0 Å². The van der Waals surface area contributed by atoms with Gasteiger partial charge in [0.15, 0.2) is 12.6 Å². The largest absolute Gasteiger partial charge is 0.394 e. The van der Waals surface area contributed by atoms with E-state index in [2.05, 4.69) is 0 Å². The van der Waals surface area contributed by atoms with Crippen LogP contribution >= 0.6 is 0 Å². The van der Waals surface area contributed by atoms with Crippen molar-refractivity contribution >= 4 is 0 Å². The standard InChI is InChI=1S/C18H34O16/c19-1-5(22)9(24)10(25)6(23)4-31-17-15(30)13(28)16(8(3-21)33-17)34-18-14(29)12(27)11(26)7(2-20)32-18/h5-30H,1-4H2/t5?,6-,7-,8-,9-,10-,11+,12+,13-,14-,15-,16-,17+,18+/m1/s1.